The molecule has 2 aliphatic rings. The van der Waals surface area contributed by atoms with Crippen LogP contribution < -0.4 is 11.1 Å². The molecule has 1 saturated heterocycles. The maximum atomic E-state index is 12.7. The number of carboxylic acids is 1. The molecule has 4 N–H and O–H groups in total. The molecule has 0 saturated carbocycles. The van der Waals surface area contributed by atoms with E-state index in [1.54, 1.807) is 5.38 Å². The molecule has 0 unspecified atom stereocenters. The Morgan fingerprint density at radius 1 is 1.56 bits per heavy atom. The van der Waals surface area contributed by atoms with Gasteiger partial charge in [0.05, 0.1) is 0 Å². The number of rotatable bonds is 7. The fourth-order valence-electron chi connectivity index (χ4n) is 2.55. The predicted molar refractivity (Wildman–Crippen MR) is 100 cm³/mol. The van der Waals surface area contributed by atoms with Crippen LogP contribution in [-0.2, 0) is 19.2 Å². The van der Waals surface area contributed by atoms with E-state index in [-0.39, 0.29) is 22.2 Å². The Balaban J connectivity index is 1.75. The summed E-state index contributed by atoms with van der Waals surface area (Å²) in [6.45, 7) is 2.21. The van der Waals surface area contributed by atoms with Gasteiger partial charge in [-0.1, -0.05) is 12.1 Å². The second kappa shape index (κ2) is 7.96. The number of carbonyl (C=O) groups excluding carboxylic acids is 2. The molecular weight excluding hydrogens is 394 g/mol. The molecular formula is C15H17N5O5S2. The Labute approximate surface area is 162 Å². The molecule has 1 aromatic rings. The van der Waals surface area contributed by atoms with Crippen LogP contribution in [0.15, 0.2) is 22.3 Å². The first-order chi connectivity index (χ1) is 12.9. The summed E-state index contributed by atoms with van der Waals surface area (Å²) in [5.74, 6) is -1.86. The fourth-order valence-corrected chi connectivity index (χ4v) is 4.29. The highest BCUT2D eigenvalue weighted by Crippen LogP contribution is 2.37. The van der Waals surface area contributed by atoms with Crippen molar-refractivity contribution in [3.05, 3.63) is 22.8 Å². The molecule has 27 heavy (non-hydrogen) atoms. The number of amides is 2. The number of nitrogens with zero attached hydrogens (tertiary/aromatic N) is 3. The van der Waals surface area contributed by atoms with Crippen molar-refractivity contribution in [2.75, 3.05) is 18.1 Å². The van der Waals surface area contributed by atoms with E-state index in [0.29, 0.717) is 18.8 Å². The molecule has 0 bridgehead atoms. The second-order valence-corrected chi connectivity index (χ2v) is 7.66. The average Bonchev–Trinajstić information content (AvgIpc) is 3.08. The molecule has 144 valence electrons. The van der Waals surface area contributed by atoms with E-state index in [4.69, 9.17) is 10.6 Å². The molecule has 12 heteroatoms. The van der Waals surface area contributed by atoms with E-state index in [9.17, 15) is 19.5 Å². The summed E-state index contributed by atoms with van der Waals surface area (Å²) in [6, 6.07) is -0.849. The Bertz CT molecular complexity index is 836. The monoisotopic (exact) mass is 411 g/mol. The number of oxime groups is 1. The first-order valence-corrected chi connectivity index (χ1v) is 9.97. The molecule has 3 heterocycles. The van der Waals surface area contributed by atoms with Crippen molar-refractivity contribution >= 4 is 51.7 Å². The summed E-state index contributed by atoms with van der Waals surface area (Å²) in [6.07, 6.45) is 2.18. The lowest BCUT2D eigenvalue weighted by Crippen LogP contribution is -2.70. The quantitative estimate of drug-likeness (QED) is 0.250. The van der Waals surface area contributed by atoms with Crippen molar-refractivity contribution < 1.29 is 24.3 Å². The van der Waals surface area contributed by atoms with Crippen LogP contribution in [0.5, 0.6) is 0 Å². The Kier molecular flexibility index (Phi) is 5.65. The van der Waals surface area contributed by atoms with Crippen molar-refractivity contribution in [3.63, 3.8) is 0 Å². The number of carboxylic acid groups (broad SMARTS) is 1. The zero-order chi connectivity index (χ0) is 19.6. The van der Waals surface area contributed by atoms with Crippen LogP contribution in [0, 0.1) is 0 Å². The largest absolute Gasteiger partial charge is 0.477 e. The van der Waals surface area contributed by atoms with Crippen LogP contribution in [0.2, 0.25) is 0 Å². The van der Waals surface area contributed by atoms with Crippen molar-refractivity contribution in [3.8, 4) is 0 Å². The number of nitrogens with two attached hydrogens (primary N) is 1. The number of β-lactam (4-membered cyclic amide) rings is 1. The van der Waals surface area contributed by atoms with Crippen molar-refractivity contribution in [2.24, 2.45) is 5.16 Å². The van der Waals surface area contributed by atoms with Gasteiger partial charge in [0, 0.05) is 11.1 Å². The molecule has 1 fully saturated rings. The van der Waals surface area contributed by atoms with Gasteiger partial charge in [0.2, 0.25) is 0 Å². The highest BCUT2D eigenvalue weighted by Gasteiger charge is 2.53. The van der Waals surface area contributed by atoms with Gasteiger partial charge in [-0.2, -0.15) is 0 Å². The van der Waals surface area contributed by atoms with Crippen LogP contribution in [0.3, 0.4) is 0 Å². The minimum absolute atomic E-state index is 0.0679. The molecule has 2 aliphatic heterocycles. The summed E-state index contributed by atoms with van der Waals surface area (Å²) >= 11 is 2.52. The highest BCUT2D eigenvalue weighted by atomic mass is 32.2. The van der Waals surface area contributed by atoms with E-state index in [0.717, 1.165) is 11.3 Å². The molecule has 0 radical (unpaired) electrons. The number of thioether (sulfide) groups is 1. The third kappa shape index (κ3) is 3.76. The minimum Gasteiger partial charge on any atom is -0.477 e. The number of nitrogens with one attached hydrogen (secondary N) is 1. The SMILES string of the molecule is CCCON=C(C(=O)N[C@@H]1C(=O)N2C(C(=O)O)=CCS[C@@H]12)c1csc(N)n1. The third-order valence-electron chi connectivity index (χ3n) is 3.78. The van der Waals surface area contributed by atoms with E-state index >= 15 is 0 Å². The standard InChI is InChI=1S/C15H17N5O5S2/c1-2-4-25-19-9(7-6-27-15(16)17-7)11(21)18-10-12(22)20-8(14(23)24)3-5-26-13(10)20/h3,6,10,13H,2,4-5H2,1H3,(H2,16,17)(H,18,21)(H,23,24)/t10-,13+/m1/s1. The smallest absolute Gasteiger partial charge is 0.352 e. The molecule has 3 rings (SSSR count). The summed E-state index contributed by atoms with van der Waals surface area (Å²) in [5, 5.41) is 17.0. The number of thiazole rings is 1. The molecule has 0 aromatic carbocycles. The summed E-state index contributed by atoms with van der Waals surface area (Å²) in [4.78, 5) is 46.6. The van der Waals surface area contributed by atoms with E-state index in [1.165, 1.54) is 22.7 Å². The predicted octanol–water partition coefficient (Wildman–Crippen LogP) is 0.224. The number of anilines is 1. The molecule has 1 aromatic heterocycles. The highest BCUT2D eigenvalue weighted by molar-refractivity contribution is 8.00. The van der Waals surface area contributed by atoms with Gasteiger partial charge >= 0.3 is 5.97 Å². The van der Waals surface area contributed by atoms with Crippen LogP contribution in [-0.4, -0.2) is 62.3 Å². The lowest BCUT2D eigenvalue weighted by atomic mass is 10.0. The number of aliphatic carboxylic acids is 1. The lowest BCUT2D eigenvalue weighted by Gasteiger charge is -2.48. The summed E-state index contributed by atoms with van der Waals surface area (Å²) < 4.78 is 0. The number of carbonyl (C=O) groups is 3. The maximum Gasteiger partial charge on any atom is 0.352 e. The van der Waals surface area contributed by atoms with Crippen molar-refractivity contribution in [1.82, 2.24) is 15.2 Å². The van der Waals surface area contributed by atoms with Gasteiger partial charge in [0.15, 0.2) is 10.8 Å². The summed E-state index contributed by atoms with van der Waals surface area (Å²) in [5.41, 5.74) is 5.71. The first-order valence-electron chi connectivity index (χ1n) is 8.04. The minimum atomic E-state index is -1.17. The van der Waals surface area contributed by atoms with E-state index in [2.05, 4.69) is 15.5 Å². The van der Waals surface area contributed by atoms with Crippen molar-refractivity contribution in [2.45, 2.75) is 24.8 Å². The lowest BCUT2D eigenvalue weighted by molar-refractivity contribution is -0.150. The number of nitrogen functional groups attached to an aromatic ring is 1. The van der Waals surface area contributed by atoms with Gasteiger partial charge in [-0.15, -0.1) is 23.1 Å². The number of fused-ring (bicyclic) bond motifs is 1. The Hall–Kier alpha value is -2.60. The Morgan fingerprint density at radius 3 is 2.96 bits per heavy atom. The van der Waals surface area contributed by atoms with E-state index < -0.39 is 29.2 Å². The first kappa shape index (κ1) is 19.2. The zero-order valence-electron chi connectivity index (χ0n) is 14.2. The van der Waals surface area contributed by atoms with Crippen LogP contribution in [0.4, 0.5) is 5.13 Å². The topological polar surface area (TPSA) is 147 Å². The molecule has 2 atom stereocenters. The van der Waals surface area contributed by atoms with Gasteiger partial charge in [0.25, 0.3) is 11.8 Å². The fraction of sp³-hybridized carbons (Fsp3) is 0.400. The van der Waals surface area contributed by atoms with Crippen molar-refractivity contribution in [1.29, 1.82) is 0 Å². The molecule has 2 amide bonds. The van der Waals surface area contributed by atoms with Crippen LogP contribution >= 0.6 is 23.1 Å². The zero-order valence-corrected chi connectivity index (χ0v) is 15.9. The third-order valence-corrected chi connectivity index (χ3v) is 5.64. The van der Waals surface area contributed by atoms with E-state index in [1.807, 2.05) is 6.92 Å². The number of hydrogen-bond acceptors (Lipinski definition) is 9. The summed E-state index contributed by atoms with van der Waals surface area (Å²) in [7, 11) is 0. The molecule has 0 spiro atoms. The Morgan fingerprint density at radius 2 is 2.33 bits per heavy atom. The van der Waals surface area contributed by atoms with Crippen LogP contribution in [0.25, 0.3) is 0 Å². The van der Waals surface area contributed by atoms with Gasteiger partial charge in [-0.25, -0.2) is 9.78 Å². The number of aromatic nitrogens is 1. The van der Waals surface area contributed by atoms with Crippen LogP contribution in [0.1, 0.15) is 19.0 Å². The normalized spacial score (nSPS) is 21.8. The van der Waals surface area contributed by atoms with Gasteiger partial charge in [-0.3, -0.25) is 14.5 Å². The van der Waals surface area contributed by atoms with Gasteiger partial charge in [0.1, 0.15) is 29.4 Å². The number of hydrogen-bond donors (Lipinski definition) is 3. The average molecular weight is 411 g/mol. The molecule has 0 aliphatic carbocycles. The molecule has 10 nitrogen and oxygen atoms in total. The second-order valence-electron chi connectivity index (χ2n) is 5.62. The van der Waals surface area contributed by atoms with Gasteiger partial charge in [-0.05, 0) is 12.5 Å². The maximum absolute atomic E-state index is 12.7. The van der Waals surface area contributed by atoms with Gasteiger partial charge < -0.3 is 21.0 Å².